The maximum absolute atomic E-state index is 6.35. The summed E-state index contributed by atoms with van der Waals surface area (Å²) in [7, 11) is -1.71. The molecule has 0 aromatic carbocycles. The van der Waals surface area contributed by atoms with Gasteiger partial charge in [-0.25, -0.2) is 0 Å². The third-order valence-electron chi connectivity index (χ3n) is 3.49. The largest absolute Gasteiger partial charge is 0.414 e. The van der Waals surface area contributed by atoms with Crippen molar-refractivity contribution in [3.63, 3.8) is 0 Å². The number of hydrogen-bond donors (Lipinski definition) is 0. The molecule has 0 rings (SSSR count). The summed E-state index contributed by atoms with van der Waals surface area (Å²) < 4.78 is 6.35. The van der Waals surface area contributed by atoms with Crippen LogP contribution in [0.2, 0.25) is 18.1 Å². The monoisotopic (exact) mass is 250 g/mol. The third kappa shape index (κ3) is 5.96. The van der Waals surface area contributed by atoms with Gasteiger partial charge in [-0.15, -0.1) is 24.7 Å². The molecule has 0 N–H and O–H groups in total. The van der Waals surface area contributed by atoms with E-state index in [1.54, 1.807) is 0 Å². The average molecular weight is 250 g/mol. The van der Waals surface area contributed by atoms with E-state index in [4.69, 9.17) is 17.3 Å². The molecule has 0 aromatic rings. The van der Waals surface area contributed by atoms with E-state index in [1.165, 1.54) is 0 Å². The lowest BCUT2D eigenvalue weighted by molar-refractivity contribution is 0.164. The Morgan fingerprint density at radius 2 is 1.47 bits per heavy atom. The molecular formula is C15H26OSi. The van der Waals surface area contributed by atoms with Gasteiger partial charge in [-0.05, 0) is 31.0 Å². The Hall–Kier alpha value is -0.703. The molecule has 0 spiro atoms. The second-order valence-electron chi connectivity index (χ2n) is 5.99. The lowest BCUT2D eigenvalue weighted by atomic mass is 10.1. The first-order valence-corrected chi connectivity index (χ1v) is 9.20. The molecule has 0 heterocycles. The fourth-order valence-electron chi connectivity index (χ4n) is 1.34. The van der Waals surface area contributed by atoms with Gasteiger partial charge in [-0.3, -0.25) is 0 Å². The van der Waals surface area contributed by atoms with Crippen molar-refractivity contribution < 1.29 is 4.43 Å². The van der Waals surface area contributed by atoms with Crippen molar-refractivity contribution in [1.82, 2.24) is 0 Å². The van der Waals surface area contributed by atoms with Gasteiger partial charge >= 0.3 is 0 Å². The van der Waals surface area contributed by atoms with Crippen LogP contribution in [-0.4, -0.2) is 14.4 Å². The molecule has 17 heavy (non-hydrogen) atoms. The van der Waals surface area contributed by atoms with Crippen LogP contribution in [0.1, 0.15) is 46.5 Å². The van der Waals surface area contributed by atoms with E-state index in [2.05, 4.69) is 45.7 Å². The Kier molecular flexibility index (Phi) is 6.61. The van der Waals surface area contributed by atoms with Crippen LogP contribution in [0.4, 0.5) is 0 Å². The highest BCUT2D eigenvalue weighted by Crippen LogP contribution is 2.38. The fourth-order valence-corrected chi connectivity index (χ4v) is 2.77. The minimum atomic E-state index is -1.71. The molecule has 0 aliphatic rings. The predicted molar refractivity (Wildman–Crippen MR) is 78.2 cm³/mol. The van der Waals surface area contributed by atoms with Crippen LogP contribution in [0, 0.1) is 24.7 Å². The van der Waals surface area contributed by atoms with Crippen LogP contribution >= 0.6 is 0 Å². The summed E-state index contributed by atoms with van der Waals surface area (Å²) in [6.07, 6.45) is 14.2. The molecule has 0 amide bonds. The summed E-state index contributed by atoms with van der Waals surface area (Å²) in [5.74, 6) is 5.37. The second kappa shape index (κ2) is 6.89. The summed E-state index contributed by atoms with van der Waals surface area (Å²) in [6.45, 7) is 11.3. The van der Waals surface area contributed by atoms with Gasteiger partial charge in [0.2, 0.25) is 0 Å². The molecule has 0 unspecified atom stereocenters. The van der Waals surface area contributed by atoms with Gasteiger partial charge in [0.1, 0.15) is 0 Å². The molecule has 0 atom stereocenters. The van der Waals surface area contributed by atoms with E-state index in [0.29, 0.717) is 0 Å². The van der Waals surface area contributed by atoms with Crippen molar-refractivity contribution in [2.24, 2.45) is 0 Å². The Labute approximate surface area is 108 Å². The molecule has 0 bridgehead atoms. The highest BCUT2D eigenvalue weighted by molar-refractivity contribution is 6.74. The van der Waals surface area contributed by atoms with Gasteiger partial charge in [-0.1, -0.05) is 20.8 Å². The molecule has 0 fully saturated rings. The zero-order chi connectivity index (χ0) is 13.5. The first kappa shape index (κ1) is 16.3. The Morgan fingerprint density at radius 1 is 1.06 bits per heavy atom. The summed E-state index contributed by atoms with van der Waals surface area (Å²) in [5.41, 5.74) is 0. The van der Waals surface area contributed by atoms with E-state index in [0.717, 1.165) is 25.7 Å². The van der Waals surface area contributed by atoms with Crippen LogP contribution in [0.15, 0.2) is 0 Å². The maximum atomic E-state index is 6.35. The lowest BCUT2D eigenvalue weighted by Crippen LogP contribution is -2.43. The van der Waals surface area contributed by atoms with E-state index in [-0.39, 0.29) is 11.1 Å². The summed E-state index contributed by atoms with van der Waals surface area (Å²) in [6, 6.07) is 0. The number of hydrogen-bond acceptors (Lipinski definition) is 1. The average Bonchev–Trinajstić information content (AvgIpc) is 2.20. The quantitative estimate of drug-likeness (QED) is 0.507. The minimum Gasteiger partial charge on any atom is -0.414 e. The van der Waals surface area contributed by atoms with Gasteiger partial charge in [0.15, 0.2) is 8.32 Å². The molecule has 1 nitrogen and oxygen atoms in total. The van der Waals surface area contributed by atoms with Crippen molar-refractivity contribution in [3.8, 4) is 24.7 Å². The van der Waals surface area contributed by atoms with E-state index >= 15 is 0 Å². The zero-order valence-corrected chi connectivity index (χ0v) is 13.0. The maximum Gasteiger partial charge on any atom is 0.192 e. The number of rotatable bonds is 6. The Bertz CT molecular complexity index is 280. The Balaban J connectivity index is 4.52. The van der Waals surface area contributed by atoms with Crippen LogP contribution in [0.3, 0.4) is 0 Å². The standard InChI is InChI=1S/C15H26OSi/c1-8-10-12-14(13-11-9-2)16-17(6,7)15(3,4)5/h1-2,14H,10-13H2,3-7H3. The van der Waals surface area contributed by atoms with Gasteiger partial charge in [0, 0.05) is 18.9 Å². The SMILES string of the molecule is C#CCCC(CCC#C)O[Si](C)(C)C(C)(C)C. The minimum absolute atomic E-state index is 0.225. The first-order chi connectivity index (χ1) is 7.74. The van der Waals surface area contributed by atoms with Crippen molar-refractivity contribution >= 4 is 8.32 Å². The molecule has 0 saturated carbocycles. The van der Waals surface area contributed by atoms with Gasteiger partial charge < -0.3 is 4.43 Å². The van der Waals surface area contributed by atoms with Gasteiger partial charge in [-0.2, -0.15) is 0 Å². The topological polar surface area (TPSA) is 9.23 Å². The zero-order valence-electron chi connectivity index (χ0n) is 12.0. The van der Waals surface area contributed by atoms with Crippen molar-refractivity contribution in [2.75, 3.05) is 0 Å². The molecular weight excluding hydrogens is 224 g/mol. The highest BCUT2D eigenvalue weighted by Gasteiger charge is 2.38. The van der Waals surface area contributed by atoms with Crippen LogP contribution in [0.25, 0.3) is 0 Å². The fraction of sp³-hybridized carbons (Fsp3) is 0.733. The molecule has 0 aliphatic carbocycles. The predicted octanol–water partition coefficient (Wildman–Crippen LogP) is 4.20. The van der Waals surface area contributed by atoms with Crippen molar-refractivity contribution in [3.05, 3.63) is 0 Å². The van der Waals surface area contributed by atoms with Crippen molar-refractivity contribution in [2.45, 2.75) is 70.7 Å². The van der Waals surface area contributed by atoms with E-state index in [9.17, 15) is 0 Å². The second-order valence-corrected chi connectivity index (χ2v) is 10.7. The molecule has 2 heteroatoms. The third-order valence-corrected chi connectivity index (χ3v) is 8.02. The molecule has 0 aliphatic heterocycles. The van der Waals surface area contributed by atoms with E-state index in [1.807, 2.05) is 0 Å². The van der Waals surface area contributed by atoms with Crippen molar-refractivity contribution in [1.29, 1.82) is 0 Å². The number of terminal acetylenes is 2. The first-order valence-electron chi connectivity index (χ1n) is 6.29. The molecule has 96 valence electrons. The van der Waals surface area contributed by atoms with Crippen LogP contribution in [-0.2, 0) is 4.43 Å². The molecule has 0 aromatic heterocycles. The normalized spacial score (nSPS) is 12.2. The lowest BCUT2D eigenvalue weighted by Gasteiger charge is -2.39. The van der Waals surface area contributed by atoms with Crippen LogP contribution < -0.4 is 0 Å². The summed E-state index contributed by atoms with van der Waals surface area (Å²) >= 11 is 0. The molecule has 0 saturated heterocycles. The van der Waals surface area contributed by atoms with Gasteiger partial charge in [0.05, 0.1) is 0 Å². The summed E-state index contributed by atoms with van der Waals surface area (Å²) in [5, 5.41) is 0.234. The molecule has 0 radical (unpaired) electrons. The Morgan fingerprint density at radius 3 is 1.76 bits per heavy atom. The van der Waals surface area contributed by atoms with E-state index < -0.39 is 8.32 Å². The summed E-state index contributed by atoms with van der Waals surface area (Å²) in [4.78, 5) is 0. The van der Waals surface area contributed by atoms with Gasteiger partial charge in [0.25, 0.3) is 0 Å². The van der Waals surface area contributed by atoms with Crippen LogP contribution in [0.5, 0.6) is 0 Å². The smallest absolute Gasteiger partial charge is 0.192 e. The highest BCUT2D eigenvalue weighted by atomic mass is 28.4.